The number of benzene rings is 2. The molecule has 2 aromatic rings. The minimum absolute atomic E-state index is 0.213. The van der Waals surface area contributed by atoms with Gasteiger partial charge in [0.15, 0.2) is 0 Å². The fraction of sp³-hybridized carbons (Fsp3) is 0.391. The number of sulfonamides is 1. The summed E-state index contributed by atoms with van der Waals surface area (Å²) in [5, 5.41) is 3.56. The number of nitrogens with zero attached hydrogens (tertiary/aromatic N) is 2. The Labute approximate surface area is 193 Å². The fourth-order valence-corrected chi connectivity index (χ4v) is 6.06. The van der Waals surface area contributed by atoms with Crippen molar-refractivity contribution < 1.29 is 18.0 Å². The molecule has 2 heterocycles. The highest BCUT2D eigenvalue weighted by molar-refractivity contribution is 7.89. The molecular formula is C23H26ClN3O4S. The summed E-state index contributed by atoms with van der Waals surface area (Å²) in [6, 6.07) is 11.5. The van der Waals surface area contributed by atoms with Crippen LogP contribution >= 0.6 is 11.6 Å². The molecule has 0 bridgehead atoms. The molecule has 9 heteroatoms. The Morgan fingerprint density at radius 3 is 2.44 bits per heavy atom. The summed E-state index contributed by atoms with van der Waals surface area (Å²) < 4.78 is 27.3. The van der Waals surface area contributed by atoms with Gasteiger partial charge in [-0.3, -0.25) is 14.5 Å². The molecule has 2 aliphatic rings. The Hall–Kier alpha value is -2.42. The van der Waals surface area contributed by atoms with E-state index < -0.39 is 16.1 Å². The number of hydrogen-bond acceptors (Lipinski definition) is 4. The van der Waals surface area contributed by atoms with E-state index in [0.717, 1.165) is 18.4 Å². The van der Waals surface area contributed by atoms with Gasteiger partial charge in [-0.15, -0.1) is 0 Å². The third kappa shape index (κ3) is 4.53. The number of carbonyl (C=O) groups is 2. The lowest BCUT2D eigenvalue weighted by Crippen LogP contribution is -2.47. The van der Waals surface area contributed by atoms with E-state index in [1.165, 1.54) is 22.2 Å². The Kier molecular flexibility index (Phi) is 6.55. The number of hydrogen-bond donors (Lipinski definition) is 1. The van der Waals surface area contributed by atoms with Gasteiger partial charge in [0.25, 0.3) is 0 Å². The summed E-state index contributed by atoms with van der Waals surface area (Å²) in [4.78, 5) is 26.9. The number of anilines is 1. The van der Waals surface area contributed by atoms with E-state index in [2.05, 4.69) is 5.32 Å². The van der Waals surface area contributed by atoms with Crippen molar-refractivity contribution in [1.82, 2.24) is 9.62 Å². The van der Waals surface area contributed by atoms with Crippen molar-refractivity contribution in [3.63, 3.8) is 0 Å². The van der Waals surface area contributed by atoms with Crippen LogP contribution in [-0.4, -0.2) is 50.2 Å². The number of carbonyl (C=O) groups excluding carboxylic acids is 2. The van der Waals surface area contributed by atoms with Gasteiger partial charge in [-0.05, 0) is 60.7 Å². The van der Waals surface area contributed by atoms with Crippen molar-refractivity contribution >= 4 is 39.1 Å². The van der Waals surface area contributed by atoms with Crippen LogP contribution in [-0.2, 0) is 32.5 Å². The average molecular weight is 476 g/mol. The van der Waals surface area contributed by atoms with E-state index in [1.54, 1.807) is 24.3 Å². The number of fused-ring (bicyclic) bond motifs is 1. The zero-order valence-electron chi connectivity index (χ0n) is 17.9. The Morgan fingerprint density at radius 1 is 1.09 bits per heavy atom. The molecule has 0 aromatic heterocycles. The highest BCUT2D eigenvalue weighted by atomic mass is 35.5. The zero-order chi connectivity index (χ0) is 22.9. The second-order valence-corrected chi connectivity index (χ2v) is 10.6. The van der Waals surface area contributed by atoms with Crippen LogP contribution in [0.5, 0.6) is 0 Å². The van der Waals surface area contributed by atoms with E-state index in [0.29, 0.717) is 42.3 Å². The molecule has 7 nitrogen and oxygen atoms in total. The van der Waals surface area contributed by atoms with Crippen LogP contribution in [0.25, 0.3) is 0 Å². The topological polar surface area (TPSA) is 86.8 Å². The van der Waals surface area contributed by atoms with Gasteiger partial charge in [-0.2, -0.15) is 4.31 Å². The molecule has 2 aromatic carbocycles. The van der Waals surface area contributed by atoms with Gasteiger partial charge in [0.2, 0.25) is 21.8 Å². The smallest absolute Gasteiger partial charge is 0.243 e. The fourth-order valence-electron chi connectivity index (χ4n) is 4.36. The molecule has 1 atom stereocenters. The average Bonchev–Trinajstić information content (AvgIpc) is 3.43. The van der Waals surface area contributed by atoms with Crippen LogP contribution in [0, 0.1) is 0 Å². The van der Waals surface area contributed by atoms with E-state index in [9.17, 15) is 18.0 Å². The van der Waals surface area contributed by atoms with Gasteiger partial charge in [0.05, 0.1) is 4.90 Å². The number of nitrogens with one attached hydrogen (secondary N) is 1. The Morgan fingerprint density at radius 2 is 1.78 bits per heavy atom. The summed E-state index contributed by atoms with van der Waals surface area (Å²) in [5.74, 6) is -0.508. The minimum Gasteiger partial charge on any atom is -0.354 e. The molecule has 4 rings (SSSR count). The second kappa shape index (κ2) is 9.21. The molecule has 32 heavy (non-hydrogen) atoms. The van der Waals surface area contributed by atoms with Crippen molar-refractivity contribution in [2.24, 2.45) is 0 Å². The molecule has 170 valence electrons. The molecule has 0 saturated carbocycles. The molecule has 0 unspecified atom stereocenters. The third-order valence-corrected chi connectivity index (χ3v) is 8.15. The van der Waals surface area contributed by atoms with E-state index in [1.807, 2.05) is 12.1 Å². The van der Waals surface area contributed by atoms with Crippen molar-refractivity contribution in [2.45, 2.75) is 43.5 Å². The normalized spacial score (nSPS) is 18.6. The maximum Gasteiger partial charge on any atom is 0.243 e. The Bertz CT molecular complexity index is 1130. The largest absolute Gasteiger partial charge is 0.354 e. The van der Waals surface area contributed by atoms with Crippen molar-refractivity contribution in [1.29, 1.82) is 0 Å². The highest BCUT2D eigenvalue weighted by Crippen LogP contribution is 2.35. The van der Waals surface area contributed by atoms with Crippen molar-refractivity contribution in [3.05, 3.63) is 58.6 Å². The van der Waals surface area contributed by atoms with Gasteiger partial charge in [-0.25, -0.2) is 8.42 Å². The predicted octanol–water partition coefficient (Wildman–Crippen LogP) is 2.76. The standard InChI is InChI=1S/C23H26ClN3O4S/c1-16(28)27-21-9-8-20(32(30,31)26-12-2-3-13-26)14-18(21)15-22(27)23(29)25-11-10-17-4-6-19(24)7-5-17/h4-9,14,22H,2-3,10-13,15H2,1H3,(H,25,29)/t22-/m0/s1. The van der Waals surface area contributed by atoms with Gasteiger partial charge < -0.3 is 5.32 Å². The first-order valence-corrected chi connectivity index (χ1v) is 12.5. The zero-order valence-corrected chi connectivity index (χ0v) is 19.5. The van der Waals surface area contributed by atoms with Crippen LogP contribution in [0.2, 0.25) is 5.02 Å². The van der Waals surface area contributed by atoms with Crippen LogP contribution in [0.1, 0.15) is 30.9 Å². The molecule has 1 N–H and O–H groups in total. The lowest BCUT2D eigenvalue weighted by Gasteiger charge is -2.23. The minimum atomic E-state index is -3.56. The predicted molar refractivity (Wildman–Crippen MR) is 123 cm³/mol. The first kappa shape index (κ1) is 22.8. The van der Waals surface area contributed by atoms with E-state index in [4.69, 9.17) is 11.6 Å². The van der Waals surface area contributed by atoms with Gasteiger partial charge in [0, 0.05) is 43.7 Å². The summed E-state index contributed by atoms with van der Waals surface area (Å²) >= 11 is 5.90. The van der Waals surface area contributed by atoms with E-state index in [-0.39, 0.29) is 23.1 Å². The highest BCUT2D eigenvalue weighted by Gasteiger charge is 2.38. The summed E-state index contributed by atoms with van der Waals surface area (Å²) in [5.41, 5.74) is 2.33. The van der Waals surface area contributed by atoms with Crippen LogP contribution in [0.4, 0.5) is 5.69 Å². The van der Waals surface area contributed by atoms with Crippen LogP contribution in [0.15, 0.2) is 47.4 Å². The number of halogens is 1. The quantitative estimate of drug-likeness (QED) is 0.696. The maximum atomic E-state index is 12.9. The van der Waals surface area contributed by atoms with E-state index >= 15 is 0 Å². The number of rotatable bonds is 6. The van der Waals surface area contributed by atoms with Crippen LogP contribution < -0.4 is 10.2 Å². The number of amides is 2. The molecule has 1 saturated heterocycles. The third-order valence-electron chi connectivity index (χ3n) is 6.01. The van der Waals surface area contributed by atoms with Gasteiger partial charge in [-0.1, -0.05) is 23.7 Å². The maximum absolute atomic E-state index is 12.9. The first-order valence-electron chi connectivity index (χ1n) is 10.7. The summed E-state index contributed by atoms with van der Waals surface area (Å²) in [7, 11) is -3.56. The molecule has 0 radical (unpaired) electrons. The molecule has 0 aliphatic carbocycles. The SMILES string of the molecule is CC(=O)N1c2ccc(S(=O)(=O)N3CCCC3)cc2C[C@H]1C(=O)NCCc1ccc(Cl)cc1. The molecular weight excluding hydrogens is 450 g/mol. The first-order chi connectivity index (χ1) is 15.3. The molecule has 0 spiro atoms. The summed E-state index contributed by atoms with van der Waals surface area (Å²) in [6.07, 6.45) is 2.65. The molecule has 2 amide bonds. The van der Waals surface area contributed by atoms with Gasteiger partial charge in [0.1, 0.15) is 6.04 Å². The second-order valence-electron chi connectivity index (χ2n) is 8.18. The molecule has 1 fully saturated rings. The molecule has 2 aliphatic heterocycles. The van der Waals surface area contributed by atoms with Crippen molar-refractivity contribution in [2.75, 3.05) is 24.5 Å². The summed E-state index contributed by atoms with van der Waals surface area (Å²) in [6.45, 7) is 2.89. The lowest BCUT2D eigenvalue weighted by atomic mass is 10.1. The van der Waals surface area contributed by atoms with Crippen LogP contribution in [0.3, 0.4) is 0 Å². The monoisotopic (exact) mass is 475 g/mol. The lowest BCUT2D eigenvalue weighted by molar-refractivity contribution is -0.125. The van der Waals surface area contributed by atoms with Gasteiger partial charge >= 0.3 is 0 Å². The van der Waals surface area contributed by atoms with Crippen molar-refractivity contribution in [3.8, 4) is 0 Å². The Balaban J connectivity index is 1.48.